The van der Waals surface area contributed by atoms with Crippen LogP contribution in [0.1, 0.15) is 53.2 Å². The Kier molecular flexibility index (Phi) is 4.79. The first kappa shape index (κ1) is 19.4. The fourth-order valence-electron chi connectivity index (χ4n) is 4.67. The summed E-state index contributed by atoms with van der Waals surface area (Å²) in [5, 5.41) is 4.92. The molecule has 1 aliphatic heterocycles. The van der Waals surface area contributed by atoms with E-state index in [-0.39, 0.29) is 5.92 Å². The van der Waals surface area contributed by atoms with Crippen molar-refractivity contribution in [1.82, 2.24) is 14.9 Å². The molecular formula is C26H23Cl2N3. The van der Waals surface area contributed by atoms with E-state index < -0.39 is 0 Å². The van der Waals surface area contributed by atoms with E-state index in [4.69, 9.17) is 28.2 Å². The van der Waals surface area contributed by atoms with Crippen LogP contribution in [-0.4, -0.2) is 22.6 Å². The first-order chi connectivity index (χ1) is 15.2. The number of hydrogen-bond acceptors (Lipinski definition) is 2. The zero-order chi connectivity index (χ0) is 20.9. The van der Waals surface area contributed by atoms with E-state index in [1.165, 1.54) is 40.9 Å². The summed E-state index contributed by atoms with van der Waals surface area (Å²) in [5.74, 6) is 2.00. The van der Waals surface area contributed by atoms with E-state index in [2.05, 4.69) is 52.3 Å². The molecule has 1 aliphatic carbocycles. The Morgan fingerprint density at radius 2 is 1.39 bits per heavy atom. The van der Waals surface area contributed by atoms with Crippen LogP contribution in [0.4, 0.5) is 0 Å². The molecule has 1 aromatic heterocycles. The average Bonchev–Trinajstić information content (AvgIpc) is 3.52. The van der Waals surface area contributed by atoms with E-state index in [1.807, 2.05) is 24.3 Å². The van der Waals surface area contributed by atoms with Gasteiger partial charge in [-0.2, -0.15) is 0 Å². The molecule has 0 bridgehead atoms. The Bertz CT molecular complexity index is 1190. The zero-order valence-corrected chi connectivity index (χ0v) is 18.6. The van der Waals surface area contributed by atoms with Crippen LogP contribution in [0.15, 0.2) is 66.7 Å². The molecule has 0 atom stereocenters. The normalized spacial score (nSPS) is 16.7. The third kappa shape index (κ3) is 3.55. The van der Waals surface area contributed by atoms with Crippen molar-refractivity contribution in [2.24, 2.45) is 0 Å². The molecule has 3 aromatic carbocycles. The SMILES string of the molecule is Clc1ccc(C(c2ccc(Cl)cc2)c2ccc3nc(C4CC4)n(C4CNC4)c3c2)cc1. The van der Waals surface area contributed by atoms with Crippen molar-refractivity contribution < 1.29 is 0 Å². The van der Waals surface area contributed by atoms with Gasteiger partial charge in [0.1, 0.15) is 5.82 Å². The molecule has 0 amide bonds. The highest BCUT2D eigenvalue weighted by Gasteiger charge is 2.33. The van der Waals surface area contributed by atoms with Gasteiger partial charge in [-0.25, -0.2) is 4.98 Å². The van der Waals surface area contributed by atoms with Crippen LogP contribution in [0, 0.1) is 0 Å². The van der Waals surface area contributed by atoms with Gasteiger partial charge >= 0.3 is 0 Å². The number of benzene rings is 3. The van der Waals surface area contributed by atoms with E-state index in [0.29, 0.717) is 12.0 Å². The average molecular weight is 448 g/mol. The van der Waals surface area contributed by atoms with Gasteiger partial charge in [0.05, 0.1) is 17.1 Å². The highest BCUT2D eigenvalue weighted by molar-refractivity contribution is 6.30. The highest BCUT2D eigenvalue weighted by atomic mass is 35.5. The van der Waals surface area contributed by atoms with Crippen LogP contribution < -0.4 is 5.32 Å². The minimum absolute atomic E-state index is 0.103. The Morgan fingerprint density at radius 3 is 1.90 bits per heavy atom. The molecule has 0 unspecified atom stereocenters. The molecule has 4 aromatic rings. The third-order valence-corrected chi connectivity index (χ3v) is 7.05. The van der Waals surface area contributed by atoms with Crippen molar-refractivity contribution in [3.63, 3.8) is 0 Å². The summed E-state index contributed by atoms with van der Waals surface area (Å²) < 4.78 is 2.51. The molecule has 1 N–H and O–H groups in total. The lowest BCUT2D eigenvalue weighted by Crippen LogP contribution is -2.43. The van der Waals surface area contributed by atoms with E-state index in [0.717, 1.165) is 28.7 Å². The largest absolute Gasteiger partial charge is 0.322 e. The van der Waals surface area contributed by atoms with Crippen LogP contribution >= 0.6 is 23.2 Å². The second-order valence-corrected chi connectivity index (χ2v) is 9.58. The first-order valence-electron chi connectivity index (χ1n) is 10.9. The molecule has 1 saturated carbocycles. The molecule has 0 radical (unpaired) electrons. The van der Waals surface area contributed by atoms with Crippen LogP contribution in [0.2, 0.25) is 10.0 Å². The molecule has 1 saturated heterocycles. The molecule has 5 heteroatoms. The number of hydrogen-bond donors (Lipinski definition) is 1. The number of nitrogens with one attached hydrogen (secondary N) is 1. The fourth-order valence-corrected chi connectivity index (χ4v) is 4.92. The zero-order valence-electron chi connectivity index (χ0n) is 17.1. The number of nitrogens with zero attached hydrogens (tertiary/aromatic N) is 2. The summed E-state index contributed by atoms with van der Waals surface area (Å²) >= 11 is 12.4. The lowest BCUT2D eigenvalue weighted by atomic mass is 9.85. The van der Waals surface area contributed by atoms with E-state index in [1.54, 1.807) is 0 Å². The molecule has 0 spiro atoms. The van der Waals surface area contributed by atoms with Gasteiger partial charge in [0, 0.05) is 35.0 Å². The number of halogens is 2. The lowest BCUT2D eigenvalue weighted by Gasteiger charge is -2.30. The smallest absolute Gasteiger partial charge is 0.113 e. The number of aromatic nitrogens is 2. The van der Waals surface area contributed by atoms with Crippen molar-refractivity contribution in [2.75, 3.05) is 13.1 Å². The van der Waals surface area contributed by atoms with Crippen LogP contribution in [0.25, 0.3) is 11.0 Å². The Morgan fingerprint density at radius 1 is 0.806 bits per heavy atom. The standard InChI is InChI=1S/C26H23Cl2N3/c27-20-8-3-16(4-9-20)25(17-5-10-21(28)11-6-17)19-7-12-23-24(13-19)31(22-14-29-15-22)26(30-23)18-1-2-18/h3-13,18,22,25,29H,1-2,14-15H2. The minimum atomic E-state index is 0.103. The Balaban J connectivity index is 1.52. The number of fused-ring (bicyclic) bond motifs is 1. The highest BCUT2D eigenvalue weighted by Crippen LogP contribution is 2.43. The van der Waals surface area contributed by atoms with Gasteiger partial charge in [0.2, 0.25) is 0 Å². The molecule has 2 heterocycles. The predicted octanol–water partition coefficient (Wildman–Crippen LogP) is 6.55. The van der Waals surface area contributed by atoms with Gasteiger partial charge in [0.15, 0.2) is 0 Å². The van der Waals surface area contributed by atoms with E-state index in [9.17, 15) is 0 Å². The van der Waals surface area contributed by atoms with Crippen LogP contribution in [0.3, 0.4) is 0 Å². The monoisotopic (exact) mass is 447 g/mol. The van der Waals surface area contributed by atoms with Crippen molar-refractivity contribution in [3.05, 3.63) is 99.3 Å². The molecule has 31 heavy (non-hydrogen) atoms. The maximum atomic E-state index is 6.19. The number of rotatable bonds is 5. The van der Waals surface area contributed by atoms with Crippen molar-refractivity contribution in [3.8, 4) is 0 Å². The maximum Gasteiger partial charge on any atom is 0.113 e. The van der Waals surface area contributed by atoms with Gasteiger partial charge in [-0.15, -0.1) is 0 Å². The van der Waals surface area contributed by atoms with Crippen molar-refractivity contribution in [1.29, 1.82) is 0 Å². The summed E-state index contributed by atoms with van der Waals surface area (Å²) in [6.45, 7) is 2.04. The minimum Gasteiger partial charge on any atom is -0.322 e. The summed E-state index contributed by atoms with van der Waals surface area (Å²) in [6, 6.07) is 23.6. The van der Waals surface area contributed by atoms with Crippen LogP contribution in [0.5, 0.6) is 0 Å². The Labute approximate surface area is 192 Å². The predicted molar refractivity (Wildman–Crippen MR) is 127 cm³/mol. The van der Waals surface area contributed by atoms with E-state index >= 15 is 0 Å². The van der Waals surface area contributed by atoms with Gasteiger partial charge in [-0.3, -0.25) is 0 Å². The van der Waals surface area contributed by atoms with Crippen molar-refractivity contribution in [2.45, 2.75) is 30.7 Å². The Hall–Kier alpha value is -2.33. The second-order valence-electron chi connectivity index (χ2n) is 8.71. The van der Waals surface area contributed by atoms with Crippen LogP contribution in [-0.2, 0) is 0 Å². The van der Waals surface area contributed by atoms with Gasteiger partial charge in [-0.1, -0.05) is 53.5 Å². The second kappa shape index (κ2) is 7.67. The molecule has 2 aliphatic rings. The molecule has 3 nitrogen and oxygen atoms in total. The first-order valence-corrected chi connectivity index (χ1v) is 11.7. The van der Waals surface area contributed by atoms with Crippen molar-refractivity contribution >= 4 is 34.2 Å². The quantitative estimate of drug-likeness (QED) is 0.351. The fraction of sp³-hybridized carbons (Fsp3) is 0.269. The number of imidazole rings is 1. The molecule has 2 fully saturated rings. The molecular weight excluding hydrogens is 425 g/mol. The summed E-state index contributed by atoms with van der Waals surface area (Å²) in [7, 11) is 0. The summed E-state index contributed by atoms with van der Waals surface area (Å²) in [6.07, 6.45) is 2.52. The third-order valence-electron chi connectivity index (χ3n) is 6.55. The van der Waals surface area contributed by atoms with Gasteiger partial charge in [0.25, 0.3) is 0 Å². The maximum absolute atomic E-state index is 6.19. The van der Waals surface area contributed by atoms with Gasteiger partial charge < -0.3 is 9.88 Å². The molecule has 6 rings (SSSR count). The molecule has 156 valence electrons. The summed E-state index contributed by atoms with van der Waals surface area (Å²) in [5.41, 5.74) is 6.03. The topological polar surface area (TPSA) is 29.9 Å². The summed E-state index contributed by atoms with van der Waals surface area (Å²) in [4.78, 5) is 5.05. The van der Waals surface area contributed by atoms with Gasteiger partial charge in [-0.05, 0) is 65.9 Å². The lowest BCUT2D eigenvalue weighted by molar-refractivity contribution is 0.342.